The Bertz CT molecular complexity index is 166. The highest BCUT2D eigenvalue weighted by Crippen LogP contribution is 2.56. The maximum atomic E-state index is 5.95. The molecule has 0 heterocycles. The molecule has 2 fully saturated rings. The van der Waals surface area contributed by atoms with Gasteiger partial charge in [-0.2, -0.15) is 0 Å². The lowest BCUT2D eigenvalue weighted by molar-refractivity contribution is 0.206. The van der Waals surface area contributed by atoms with Gasteiger partial charge in [-0.25, -0.2) is 0 Å². The molecule has 2 aliphatic carbocycles. The normalized spacial score (nSPS) is 47.0. The van der Waals surface area contributed by atoms with Crippen molar-refractivity contribution < 1.29 is 0 Å². The van der Waals surface area contributed by atoms with Gasteiger partial charge < -0.3 is 5.73 Å². The van der Waals surface area contributed by atoms with Gasteiger partial charge in [0.05, 0.1) is 0 Å². The lowest BCUT2D eigenvalue weighted by Gasteiger charge is -2.31. The van der Waals surface area contributed by atoms with E-state index in [4.69, 9.17) is 5.73 Å². The second kappa shape index (κ2) is 2.73. The smallest absolute Gasteiger partial charge is 0.0102 e. The molecule has 1 atom stereocenters. The SMILES string of the molecule is CC(C)C1CCC2(CC1)CC2N. The van der Waals surface area contributed by atoms with Crippen LogP contribution in [0.3, 0.4) is 0 Å². The Morgan fingerprint density at radius 3 is 2.08 bits per heavy atom. The first-order chi connectivity index (χ1) is 5.64. The van der Waals surface area contributed by atoms with Crippen LogP contribution in [-0.4, -0.2) is 6.04 Å². The maximum absolute atomic E-state index is 5.95. The van der Waals surface area contributed by atoms with E-state index in [1.807, 2.05) is 0 Å². The highest BCUT2D eigenvalue weighted by molar-refractivity contribution is 5.07. The van der Waals surface area contributed by atoms with Crippen molar-refractivity contribution in [1.82, 2.24) is 0 Å². The summed E-state index contributed by atoms with van der Waals surface area (Å²) < 4.78 is 0. The summed E-state index contributed by atoms with van der Waals surface area (Å²) in [6.07, 6.45) is 7.02. The molecule has 0 aromatic heterocycles. The molecular formula is C11H21N. The molecule has 12 heavy (non-hydrogen) atoms. The zero-order chi connectivity index (χ0) is 8.77. The van der Waals surface area contributed by atoms with Gasteiger partial charge in [0.25, 0.3) is 0 Å². The molecule has 70 valence electrons. The highest BCUT2D eigenvalue weighted by Gasteiger charge is 2.52. The zero-order valence-corrected chi connectivity index (χ0v) is 8.34. The molecule has 0 amide bonds. The summed E-state index contributed by atoms with van der Waals surface area (Å²) in [5, 5.41) is 0. The van der Waals surface area contributed by atoms with Crippen molar-refractivity contribution in [1.29, 1.82) is 0 Å². The van der Waals surface area contributed by atoms with E-state index in [0.717, 1.165) is 11.8 Å². The van der Waals surface area contributed by atoms with Crippen LogP contribution in [0.2, 0.25) is 0 Å². The molecule has 2 N–H and O–H groups in total. The first-order valence-corrected chi connectivity index (χ1v) is 5.40. The molecule has 2 rings (SSSR count). The topological polar surface area (TPSA) is 26.0 Å². The van der Waals surface area contributed by atoms with E-state index in [9.17, 15) is 0 Å². The predicted molar refractivity (Wildman–Crippen MR) is 51.8 cm³/mol. The summed E-state index contributed by atoms with van der Waals surface area (Å²) >= 11 is 0. The van der Waals surface area contributed by atoms with Crippen LogP contribution >= 0.6 is 0 Å². The van der Waals surface area contributed by atoms with Gasteiger partial charge in [0.1, 0.15) is 0 Å². The summed E-state index contributed by atoms with van der Waals surface area (Å²) in [6.45, 7) is 4.71. The maximum Gasteiger partial charge on any atom is 0.0102 e. The fourth-order valence-corrected chi connectivity index (χ4v) is 2.84. The first-order valence-electron chi connectivity index (χ1n) is 5.40. The molecule has 1 heteroatoms. The van der Waals surface area contributed by atoms with Crippen LogP contribution < -0.4 is 5.73 Å². The van der Waals surface area contributed by atoms with Crippen LogP contribution in [0, 0.1) is 17.3 Å². The van der Waals surface area contributed by atoms with Crippen molar-refractivity contribution in [3.05, 3.63) is 0 Å². The molecule has 0 aromatic carbocycles. The second-order valence-electron chi connectivity index (χ2n) is 5.25. The molecular weight excluding hydrogens is 146 g/mol. The molecule has 0 aliphatic heterocycles. The zero-order valence-electron chi connectivity index (χ0n) is 8.34. The third-order valence-electron chi connectivity index (χ3n) is 4.22. The predicted octanol–water partition coefficient (Wildman–Crippen LogP) is 2.55. The average molecular weight is 167 g/mol. The fraction of sp³-hybridized carbons (Fsp3) is 1.00. The Balaban J connectivity index is 1.86. The fourth-order valence-electron chi connectivity index (χ4n) is 2.84. The summed E-state index contributed by atoms with van der Waals surface area (Å²) in [5.41, 5.74) is 6.58. The standard InChI is InChI=1S/C11H21N/c1-8(2)9-3-5-11(6-4-9)7-10(11)12/h8-10H,3-7,12H2,1-2H3. The highest BCUT2D eigenvalue weighted by atomic mass is 14.8. The third kappa shape index (κ3) is 1.28. The van der Waals surface area contributed by atoms with Gasteiger partial charge in [0.15, 0.2) is 0 Å². The molecule has 1 nitrogen and oxygen atoms in total. The summed E-state index contributed by atoms with van der Waals surface area (Å²) in [5.74, 6) is 1.88. The van der Waals surface area contributed by atoms with Gasteiger partial charge >= 0.3 is 0 Å². The van der Waals surface area contributed by atoms with Crippen LogP contribution in [0.1, 0.15) is 46.0 Å². The van der Waals surface area contributed by atoms with Crippen LogP contribution in [0.25, 0.3) is 0 Å². The van der Waals surface area contributed by atoms with Crippen molar-refractivity contribution in [2.24, 2.45) is 23.0 Å². The molecule has 2 aliphatic rings. The van der Waals surface area contributed by atoms with Crippen LogP contribution in [0.15, 0.2) is 0 Å². The van der Waals surface area contributed by atoms with Gasteiger partial charge in [-0.1, -0.05) is 13.8 Å². The van der Waals surface area contributed by atoms with Crippen molar-refractivity contribution in [2.45, 2.75) is 52.0 Å². The lowest BCUT2D eigenvalue weighted by atomic mass is 9.75. The average Bonchev–Trinajstić information content (AvgIpc) is 2.62. The Morgan fingerprint density at radius 1 is 1.25 bits per heavy atom. The molecule has 0 radical (unpaired) electrons. The van der Waals surface area contributed by atoms with Gasteiger partial charge in [-0.05, 0) is 49.4 Å². The van der Waals surface area contributed by atoms with E-state index in [-0.39, 0.29) is 0 Å². The van der Waals surface area contributed by atoms with E-state index in [1.54, 1.807) is 0 Å². The van der Waals surface area contributed by atoms with Gasteiger partial charge in [0, 0.05) is 6.04 Å². The van der Waals surface area contributed by atoms with E-state index in [0.29, 0.717) is 11.5 Å². The molecule has 0 bridgehead atoms. The third-order valence-corrected chi connectivity index (χ3v) is 4.22. The minimum atomic E-state index is 0.561. The minimum absolute atomic E-state index is 0.561. The molecule has 2 saturated carbocycles. The van der Waals surface area contributed by atoms with E-state index >= 15 is 0 Å². The quantitative estimate of drug-likeness (QED) is 0.638. The largest absolute Gasteiger partial charge is 0.327 e. The van der Waals surface area contributed by atoms with Crippen molar-refractivity contribution >= 4 is 0 Å². The van der Waals surface area contributed by atoms with Crippen LogP contribution in [-0.2, 0) is 0 Å². The monoisotopic (exact) mass is 167 g/mol. The second-order valence-corrected chi connectivity index (χ2v) is 5.25. The number of rotatable bonds is 1. The van der Waals surface area contributed by atoms with Crippen molar-refractivity contribution in [3.63, 3.8) is 0 Å². The van der Waals surface area contributed by atoms with E-state index in [2.05, 4.69) is 13.8 Å². The minimum Gasteiger partial charge on any atom is -0.327 e. The van der Waals surface area contributed by atoms with Crippen LogP contribution in [0.5, 0.6) is 0 Å². The molecule has 0 saturated heterocycles. The Hall–Kier alpha value is -0.0400. The van der Waals surface area contributed by atoms with Gasteiger partial charge in [-0.3, -0.25) is 0 Å². The molecule has 0 aromatic rings. The van der Waals surface area contributed by atoms with Gasteiger partial charge in [0.2, 0.25) is 0 Å². The lowest BCUT2D eigenvalue weighted by Crippen LogP contribution is -2.23. The number of hydrogen-bond donors (Lipinski definition) is 1. The van der Waals surface area contributed by atoms with E-state index < -0.39 is 0 Å². The Labute approximate surface area is 75.7 Å². The van der Waals surface area contributed by atoms with Crippen molar-refractivity contribution in [2.75, 3.05) is 0 Å². The molecule has 1 spiro atoms. The Morgan fingerprint density at radius 2 is 1.75 bits per heavy atom. The van der Waals surface area contributed by atoms with Crippen molar-refractivity contribution in [3.8, 4) is 0 Å². The molecule has 1 unspecified atom stereocenters. The number of hydrogen-bond acceptors (Lipinski definition) is 1. The van der Waals surface area contributed by atoms with E-state index in [1.165, 1.54) is 32.1 Å². The summed E-state index contributed by atoms with van der Waals surface area (Å²) in [4.78, 5) is 0. The summed E-state index contributed by atoms with van der Waals surface area (Å²) in [7, 11) is 0. The summed E-state index contributed by atoms with van der Waals surface area (Å²) in [6, 6.07) is 0.561. The first kappa shape index (κ1) is 8.55. The van der Waals surface area contributed by atoms with Gasteiger partial charge in [-0.15, -0.1) is 0 Å². The van der Waals surface area contributed by atoms with Crippen LogP contribution in [0.4, 0.5) is 0 Å². The number of nitrogens with two attached hydrogens (primary N) is 1. The Kier molecular flexibility index (Phi) is 1.95.